The van der Waals surface area contributed by atoms with E-state index in [-0.39, 0.29) is 5.41 Å². The first-order chi connectivity index (χ1) is 9.69. The minimum absolute atomic E-state index is 0.269. The molecule has 0 radical (unpaired) electrons. The van der Waals surface area contributed by atoms with Crippen molar-refractivity contribution in [3.63, 3.8) is 0 Å². The summed E-state index contributed by atoms with van der Waals surface area (Å²) in [5, 5.41) is 1.14. The summed E-state index contributed by atoms with van der Waals surface area (Å²) in [6.07, 6.45) is 5.51. The molecule has 0 bridgehead atoms. The van der Waals surface area contributed by atoms with Gasteiger partial charge in [0, 0.05) is 15.6 Å². The number of fused-ring (bicyclic) bond motifs is 1. The van der Waals surface area contributed by atoms with Gasteiger partial charge in [0.25, 0.3) is 0 Å². The lowest BCUT2D eigenvalue weighted by molar-refractivity contribution is -0.0411. The lowest BCUT2D eigenvalue weighted by Crippen LogP contribution is -2.56. The van der Waals surface area contributed by atoms with E-state index in [0.29, 0.717) is 10.9 Å². The summed E-state index contributed by atoms with van der Waals surface area (Å²) in [5.41, 5.74) is 1.29. The Morgan fingerprint density at radius 2 is 2.05 bits per heavy atom. The smallest absolute Gasteiger partial charge is 0.138 e. The number of hydrogen-bond donors (Lipinski definition) is 0. The Morgan fingerprint density at radius 1 is 1.30 bits per heavy atom. The molecule has 1 aromatic heterocycles. The fourth-order valence-electron chi connectivity index (χ4n) is 3.29. The van der Waals surface area contributed by atoms with Gasteiger partial charge in [-0.25, -0.2) is 0 Å². The zero-order chi connectivity index (χ0) is 14.2. The number of halogens is 1. The molecule has 3 rings (SSSR count). The number of aromatic nitrogens is 1. The molecule has 0 aliphatic heterocycles. The summed E-state index contributed by atoms with van der Waals surface area (Å²) in [4.78, 5) is 5.05. The van der Waals surface area contributed by atoms with Crippen molar-refractivity contribution in [2.45, 2.75) is 44.0 Å². The zero-order valence-corrected chi connectivity index (χ0v) is 13.6. The Bertz CT molecular complexity index is 609. The van der Waals surface area contributed by atoms with Crippen LogP contribution >= 0.6 is 15.9 Å². The molecule has 0 saturated heterocycles. The number of para-hydroxylation sites is 1. The summed E-state index contributed by atoms with van der Waals surface area (Å²) < 4.78 is 6.23. The Morgan fingerprint density at radius 3 is 2.75 bits per heavy atom. The average molecular weight is 334 g/mol. The molecule has 0 spiro atoms. The standard InChI is InChI=1S/C17H20BrNO/c1-3-17(4-2)15(18)10-16(17)20-13-9-12-7-5-6-8-14(12)19-11-13/h5-9,11,15-16H,3-4,10H2,1-2H3. The Kier molecular flexibility index (Phi) is 3.72. The number of pyridine rings is 1. The van der Waals surface area contributed by atoms with E-state index in [1.165, 1.54) is 0 Å². The van der Waals surface area contributed by atoms with Crippen molar-refractivity contribution in [1.82, 2.24) is 4.98 Å². The van der Waals surface area contributed by atoms with Crippen LogP contribution in [0.2, 0.25) is 0 Å². The zero-order valence-electron chi connectivity index (χ0n) is 12.0. The van der Waals surface area contributed by atoms with E-state index in [1.54, 1.807) is 0 Å². The summed E-state index contributed by atoms with van der Waals surface area (Å²) in [6.45, 7) is 4.51. The fourth-order valence-corrected chi connectivity index (χ4v) is 4.57. The van der Waals surface area contributed by atoms with Gasteiger partial charge >= 0.3 is 0 Å². The van der Waals surface area contributed by atoms with Crippen molar-refractivity contribution < 1.29 is 4.74 Å². The van der Waals surface area contributed by atoms with Crippen LogP contribution in [0.3, 0.4) is 0 Å². The van der Waals surface area contributed by atoms with Crippen LogP contribution in [0.5, 0.6) is 5.75 Å². The highest BCUT2D eigenvalue weighted by molar-refractivity contribution is 9.09. The Labute approximate surface area is 128 Å². The first-order valence-electron chi connectivity index (χ1n) is 7.35. The maximum Gasteiger partial charge on any atom is 0.138 e. The monoisotopic (exact) mass is 333 g/mol. The molecular weight excluding hydrogens is 314 g/mol. The van der Waals surface area contributed by atoms with Gasteiger partial charge in [-0.05, 0) is 31.4 Å². The molecule has 0 N–H and O–H groups in total. The fraction of sp³-hybridized carbons (Fsp3) is 0.471. The van der Waals surface area contributed by atoms with E-state index < -0.39 is 0 Å². The molecule has 1 fully saturated rings. The highest BCUT2D eigenvalue weighted by atomic mass is 79.9. The van der Waals surface area contributed by atoms with Crippen molar-refractivity contribution in [3.05, 3.63) is 36.5 Å². The molecule has 2 aromatic rings. The van der Waals surface area contributed by atoms with E-state index >= 15 is 0 Å². The van der Waals surface area contributed by atoms with Crippen LogP contribution in [0.15, 0.2) is 36.5 Å². The van der Waals surface area contributed by atoms with Gasteiger partial charge in [-0.3, -0.25) is 4.98 Å². The van der Waals surface area contributed by atoms with E-state index in [0.717, 1.165) is 35.9 Å². The van der Waals surface area contributed by atoms with Gasteiger partial charge in [0.05, 0.1) is 11.7 Å². The van der Waals surface area contributed by atoms with Crippen LogP contribution in [0.1, 0.15) is 33.1 Å². The summed E-state index contributed by atoms with van der Waals surface area (Å²) in [6, 6.07) is 10.2. The molecule has 2 nitrogen and oxygen atoms in total. The number of benzene rings is 1. The molecule has 2 unspecified atom stereocenters. The minimum atomic E-state index is 0.269. The van der Waals surface area contributed by atoms with Crippen molar-refractivity contribution in [2.75, 3.05) is 0 Å². The third-order valence-electron chi connectivity index (χ3n) is 4.85. The molecule has 20 heavy (non-hydrogen) atoms. The Balaban J connectivity index is 1.83. The summed E-state index contributed by atoms with van der Waals surface area (Å²) >= 11 is 3.80. The molecule has 1 heterocycles. The van der Waals surface area contributed by atoms with Crippen LogP contribution in [-0.4, -0.2) is 15.9 Å². The third-order valence-corrected chi connectivity index (χ3v) is 6.13. The number of rotatable bonds is 4. The normalized spacial score (nSPS) is 24.4. The lowest BCUT2D eigenvalue weighted by atomic mass is 9.62. The first kappa shape index (κ1) is 13.9. The second-order valence-electron chi connectivity index (χ2n) is 5.61. The number of alkyl halides is 1. The van der Waals surface area contributed by atoms with Gasteiger partial charge in [-0.15, -0.1) is 0 Å². The van der Waals surface area contributed by atoms with E-state index in [2.05, 4.69) is 46.9 Å². The van der Waals surface area contributed by atoms with Crippen LogP contribution < -0.4 is 4.74 Å². The Hall–Kier alpha value is -1.09. The van der Waals surface area contributed by atoms with Crippen LogP contribution in [0.25, 0.3) is 10.9 Å². The highest BCUT2D eigenvalue weighted by Crippen LogP contribution is 2.52. The molecule has 1 aromatic carbocycles. The molecule has 106 valence electrons. The predicted octanol–water partition coefficient (Wildman–Crippen LogP) is 4.96. The van der Waals surface area contributed by atoms with Gasteiger partial charge in [0.1, 0.15) is 11.9 Å². The van der Waals surface area contributed by atoms with Crippen LogP contribution in [-0.2, 0) is 0 Å². The van der Waals surface area contributed by atoms with Gasteiger partial charge < -0.3 is 4.74 Å². The number of nitrogens with zero attached hydrogens (tertiary/aromatic N) is 1. The topological polar surface area (TPSA) is 22.1 Å². The number of hydrogen-bond acceptors (Lipinski definition) is 2. The van der Waals surface area contributed by atoms with Crippen molar-refractivity contribution in [2.24, 2.45) is 5.41 Å². The average Bonchev–Trinajstić information content (AvgIpc) is 2.48. The molecule has 0 amide bonds. The summed E-state index contributed by atoms with van der Waals surface area (Å²) in [7, 11) is 0. The van der Waals surface area contributed by atoms with Gasteiger partial charge in [0.15, 0.2) is 0 Å². The minimum Gasteiger partial charge on any atom is -0.488 e. The highest BCUT2D eigenvalue weighted by Gasteiger charge is 2.53. The SMILES string of the molecule is CCC1(CC)C(Br)CC1Oc1cnc2ccccc2c1. The second-order valence-corrected chi connectivity index (χ2v) is 6.72. The molecular formula is C17H20BrNO. The maximum absolute atomic E-state index is 6.23. The van der Waals surface area contributed by atoms with E-state index in [4.69, 9.17) is 4.74 Å². The third kappa shape index (κ3) is 2.12. The second kappa shape index (κ2) is 5.36. The maximum atomic E-state index is 6.23. The van der Waals surface area contributed by atoms with Gasteiger partial charge in [0.2, 0.25) is 0 Å². The largest absolute Gasteiger partial charge is 0.488 e. The van der Waals surface area contributed by atoms with Crippen LogP contribution in [0.4, 0.5) is 0 Å². The first-order valence-corrected chi connectivity index (χ1v) is 8.26. The summed E-state index contributed by atoms with van der Waals surface area (Å²) in [5.74, 6) is 0.888. The van der Waals surface area contributed by atoms with Gasteiger partial charge in [-0.2, -0.15) is 0 Å². The van der Waals surface area contributed by atoms with Crippen LogP contribution in [0, 0.1) is 5.41 Å². The number of ether oxygens (including phenoxy) is 1. The molecule has 1 saturated carbocycles. The van der Waals surface area contributed by atoms with Crippen molar-refractivity contribution in [1.29, 1.82) is 0 Å². The molecule has 2 atom stereocenters. The van der Waals surface area contributed by atoms with E-state index in [9.17, 15) is 0 Å². The van der Waals surface area contributed by atoms with E-state index in [1.807, 2.05) is 24.4 Å². The lowest BCUT2D eigenvalue weighted by Gasteiger charge is -2.52. The van der Waals surface area contributed by atoms with Crippen molar-refractivity contribution >= 4 is 26.8 Å². The van der Waals surface area contributed by atoms with Gasteiger partial charge in [-0.1, -0.05) is 48.0 Å². The molecule has 3 heteroatoms. The van der Waals surface area contributed by atoms with Crippen molar-refractivity contribution in [3.8, 4) is 5.75 Å². The predicted molar refractivity (Wildman–Crippen MR) is 86.5 cm³/mol. The quantitative estimate of drug-likeness (QED) is 0.738. The molecule has 1 aliphatic carbocycles. The molecule has 1 aliphatic rings.